The van der Waals surface area contributed by atoms with Crippen LogP contribution in [0.5, 0.6) is 11.6 Å². The van der Waals surface area contributed by atoms with Gasteiger partial charge >= 0.3 is 5.97 Å². The summed E-state index contributed by atoms with van der Waals surface area (Å²) in [5, 5.41) is 9.21. The molecule has 0 aliphatic heterocycles. The molecule has 6 heteroatoms. The van der Waals surface area contributed by atoms with Crippen LogP contribution < -0.4 is 4.74 Å². The van der Waals surface area contributed by atoms with Crippen LogP contribution in [0.2, 0.25) is 0 Å². The molecule has 0 bridgehead atoms. The summed E-state index contributed by atoms with van der Waals surface area (Å²) in [7, 11) is 0. The van der Waals surface area contributed by atoms with Gasteiger partial charge in [0.2, 0.25) is 5.88 Å². The van der Waals surface area contributed by atoms with Gasteiger partial charge in [-0.15, -0.1) is 0 Å². The number of carboxylic acids is 1. The standard InChI is InChI=1S/C15H15BrN2O3/c1-15(2,3)12-4-9(14(19)20)5-13(18-12)21-11-6-10(16)7-17-8-11/h4-8H,1-3H3,(H,19,20). The van der Waals surface area contributed by atoms with Crippen LogP contribution in [0.3, 0.4) is 0 Å². The number of carboxylic acid groups (broad SMARTS) is 1. The number of halogens is 1. The van der Waals surface area contributed by atoms with Crippen molar-refractivity contribution in [3.8, 4) is 11.6 Å². The van der Waals surface area contributed by atoms with Crippen molar-refractivity contribution in [2.75, 3.05) is 0 Å². The number of aromatic carboxylic acids is 1. The Kier molecular flexibility index (Phi) is 4.27. The third-order valence-electron chi connectivity index (χ3n) is 2.72. The van der Waals surface area contributed by atoms with Crippen molar-refractivity contribution in [3.63, 3.8) is 0 Å². The van der Waals surface area contributed by atoms with Crippen LogP contribution in [-0.2, 0) is 5.41 Å². The lowest BCUT2D eigenvalue weighted by Gasteiger charge is -2.19. The lowest BCUT2D eigenvalue weighted by Crippen LogP contribution is -2.15. The smallest absolute Gasteiger partial charge is 0.335 e. The summed E-state index contributed by atoms with van der Waals surface area (Å²) < 4.78 is 6.39. The molecule has 2 aromatic heterocycles. The van der Waals surface area contributed by atoms with E-state index < -0.39 is 5.97 Å². The van der Waals surface area contributed by atoms with E-state index in [-0.39, 0.29) is 16.9 Å². The molecule has 0 unspecified atom stereocenters. The topological polar surface area (TPSA) is 72.3 Å². The maximum absolute atomic E-state index is 11.2. The normalized spacial score (nSPS) is 11.2. The molecule has 0 spiro atoms. The minimum atomic E-state index is -1.01. The molecule has 2 rings (SSSR count). The molecule has 0 saturated heterocycles. The van der Waals surface area contributed by atoms with Crippen molar-refractivity contribution in [3.05, 3.63) is 46.3 Å². The number of nitrogens with zero attached hydrogens (tertiary/aromatic N) is 2. The monoisotopic (exact) mass is 350 g/mol. The molecule has 0 fully saturated rings. The first-order chi connectivity index (χ1) is 9.75. The van der Waals surface area contributed by atoms with Crippen molar-refractivity contribution in [1.29, 1.82) is 0 Å². The fourth-order valence-electron chi connectivity index (χ4n) is 1.63. The first-order valence-electron chi connectivity index (χ1n) is 6.30. The van der Waals surface area contributed by atoms with E-state index >= 15 is 0 Å². The quantitative estimate of drug-likeness (QED) is 0.904. The predicted molar refractivity (Wildman–Crippen MR) is 81.9 cm³/mol. The average Bonchev–Trinajstić information content (AvgIpc) is 2.37. The Balaban J connectivity index is 2.43. The van der Waals surface area contributed by atoms with E-state index in [0.29, 0.717) is 11.4 Å². The summed E-state index contributed by atoms with van der Waals surface area (Å²) in [5.74, 6) is -0.292. The molecule has 21 heavy (non-hydrogen) atoms. The van der Waals surface area contributed by atoms with Gasteiger partial charge < -0.3 is 9.84 Å². The number of carbonyl (C=O) groups is 1. The molecular formula is C15H15BrN2O3. The molecule has 0 aromatic carbocycles. The number of hydrogen-bond acceptors (Lipinski definition) is 4. The highest BCUT2D eigenvalue weighted by Crippen LogP contribution is 2.27. The third kappa shape index (κ3) is 4.01. The van der Waals surface area contributed by atoms with Crippen LogP contribution in [0.15, 0.2) is 35.1 Å². The molecular weight excluding hydrogens is 336 g/mol. The van der Waals surface area contributed by atoms with Gasteiger partial charge in [0.25, 0.3) is 0 Å². The van der Waals surface area contributed by atoms with Crippen LogP contribution >= 0.6 is 15.9 Å². The SMILES string of the molecule is CC(C)(C)c1cc(C(=O)O)cc(Oc2cncc(Br)c2)n1. The van der Waals surface area contributed by atoms with Crippen LogP contribution in [0.1, 0.15) is 36.8 Å². The number of aromatic nitrogens is 2. The molecule has 0 atom stereocenters. The Morgan fingerprint density at radius 1 is 1.24 bits per heavy atom. The van der Waals surface area contributed by atoms with Crippen molar-refractivity contribution >= 4 is 21.9 Å². The molecule has 5 nitrogen and oxygen atoms in total. The van der Waals surface area contributed by atoms with Crippen molar-refractivity contribution in [2.24, 2.45) is 0 Å². The molecule has 0 aliphatic carbocycles. The summed E-state index contributed by atoms with van der Waals surface area (Å²) in [6, 6.07) is 4.70. The fraction of sp³-hybridized carbons (Fsp3) is 0.267. The Labute approximate surface area is 131 Å². The Morgan fingerprint density at radius 3 is 2.52 bits per heavy atom. The Morgan fingerprint density at radius 2 is 1.95 bits per heavy atom. The minimum Gasteiger partial charge on any atom is -0.478 e. The zero-order valence-electron chi connectivity index (χ0n) is 11.9. The summed E-state index contributed by atoms with van der Waals surface area (Å²) in [4.78, 5) is 19.6. The van der Waals surface area contributed by atoms with Crippen LogP contribution in [0.25, 0.3) is 0 Å². The molecule has 0 amide bonds. The predicted octanol–water partition coefficient (Wildman–Crippen LogP) is 4.03. The molecule has 2 aromatic rings. The summed E-state index contributed by atoms with van der Waals surface area (Å²) in [6.45, 7) is 5.89. The zero-order chi connectivity index (χ0) is 15.6. The van der Waals surface area contributed by atoms with Crippen LogP contribution in [0, 0.1) is 0 Å². The second kappa shape index (κ2) is 5.81. The van der Waals surface area contributed by atoms with Gasteiger partial charge in [-0.1, -0.05) is 20.8 Å². The van der Waals surface area contributed by atoms with E-state index in [4.69, 9.17) is 4.74 Å². The molecule has 2 heterocycles. The van der Waals surface area contributed by atoms with Gasteiger partial charge in [-0.25, -0.2) is 9.78 Å². The van der Waals surface area contributed by atoms with E-state index in [0.717, 1.165) is 4.47 Å². The highest BCUT2D eigenvalue weighted by atomic mass is 79.9. The van der Waals surface area contributed by atoms with Gasteiger partial charge in [0.1, 0.15) is 5.75 Å². The largest absolute Gasteiger partial charge is 0.478 e. The number of rotatable bonds is 3. The van der Waals surface area contributed by atoms with Crippen LogP contribution in [0.4, 0.5) is 0 Å². The number of hydrogen-bond donors (Lipinski definition) is 1. The Bertz CT molecular complexity index is 681. The maximum Gasteiger partial charge on any atom is 0.335 e. The highest BCUT2D eigenvalue weighted by Gasteiger charge is 2.19. The molecule has 0 radical (unpaired) electrons. The van der Waals surface area contributed by atoms with E-state index in [2.05, 4.69) is 25.9 Å². The van der Waals surface area contributed by atoms with Crippen molar-refractivity contribution < 1.29 is 14.6 Å². The van der Waals surface area contributed by atoms with Gasteiger partial charge in [-0.05, 0) is 28.1 Å². The highest BCUT2D eigenvalue weighted by molar-refractivity contribution is 9.10. The van der Waals surface area contributed by atoms with E-state index in [1.54, 1.807) is 18.3 Å². The summed E-state index contributed by atoms with van der Waals surface area (Å²) in [6.07, 6.45) is 3.17. The van der Waals surface area contributed by atoms with Crippen LogP contribution in [-0.4, -0.2) is 21.0 Å². The number of pyridine rings is 2. The molecule has 1 N–H and O–H groups in total. The van der Waals surface area contributed by atoms with Gasteiger partial charge in [-0.3, -0.25) is 4.98 Å². The minimum absolute atomic E-state index is 0.146. The fourth-order valence-corrected chi connectivity index (χ4v) is 1.98. The second-order valence-corrected chi connectivity index (χ2v) is 6.49. The van der Waals surface area contributed by atoms with E-state index in [9.17, 15) is 9.90 Å². The lowest BCUT2D eigenvalue weighted by molar-refractivity contribution is 0.0696. The van der Waals surface area contributed by atoms with Gasteiger partial charge in [0, 0.05) is 22.2 Å². The van der Waals surface area contributed by atoms with Crippen molar-refractivity contribution in [2.45, 2.75) is 26.2 Å². The molecule has 0 aliphatic rings. The Hall–Kier alpha value is -1.95. The second-order valence-electron chi connectivity index (χ2n) is 5.58. The average molecular weight is 351 g/mol. The van der Waals surface area contributed by atoms with E-state index in [1.165, 1.54) is 12.3 Å². The molecule has 0 saturated carbocycles. The summed E-state index contributed by atoms with van der Waals surface area (Å²) in [5.41, 5.74) is 0.521. The first kappa shape index (κ1) is 15.4. The maximum atomic E-state index is 11.2. The van der Waals surface area contributed by atoms with E-state index in [1.807, 2.05) is 20.8 Å². The van der Waals surface area contributed by atoms with Gasteiger partial charge in [-0.2, -0.15) is 0 Å². The molecule has 110 valence electrons. The lowest BCUT2D eigenvalue weighted by atomic mass is 9.91. The van der Waals surface area contributed by atoms with Gasteiger partial charge in [0.05, 0.1) is 17.5 Å². The third-order valence-corrected chi connectivity index (χ3v) is 3.15. The zero-order valence-corrected chi connectivity index (χ0v) is 13.5. The number of ether oxygens (including phenoxy) is 1. The van der Waals surface area contributed by atoms with Gasteiger partial charge in [0.15, 0.2) is 0 Å². The first-order valence-corrected chi connectivity index (χ1v) is 7.09. The van der Waals surface area contributed by atoms with Crippen molar-refractivity contribution in [1.82, 2.24) is 9.97 Å². The summed E-state index contributed by atoms with van der Waals surface area (Å²) >= 11 is 3.30.